The number of aryl methyl sites for hydroxylation is 1. The monoisotopic (exact) mass is 225 g/mol. The molecular formula is C11H19N3O2. The van der Waals surface area contributed by atoms with Crippen LogP contribution in [0.5, 0.6) is 0 Å². The highest BCUT2D eigenvalue weighted by molar-refractivity contribution is 5.90. The van der Waals surface area contributed by atoms with E-state index in [1.807, 2.05) is 13.8 Å². The number of hydrogen-bond donors (Lipinski definition) is 1. The van der Waals surface area contributed by atoms with Gasteiger partial charge in [0.2, 0.25) is 0 Å². The highest BCUT2D eigenvalue weighted by Crippen LogP contribution is 2.11. The third-order valence-corrected chi connectivity index (χ3v) is 2.79. The van der Waals surface area contributed by atoms with Gasteiger partial charge in [-0.15, -0.1) is 0 Å². The number of nitrogens with zero attached hydrogens (tertiary/aromatic N) is 3. The molecule has 5 heteroatoms. The van der Waals surface area contributed by atoms with E-state index < -0.39 is 0 Å². The maximum absolute atomic E-state index is 12.1. The Bertz CT molecular complexity index is 360. The van der Waals surface area contributed by atoms with E-state index in [1.165, 1.54) is 0 Å². The van der Waals surface area contributed by atoms with E-state index in [0.717, 1.165) is 0 Å². The molecule has 0 aliphatic rings. The highest BCUT2D eigenvalue weighted by atomic mass is 16.3. The van der Waals surface area contributed by atoms with Crippen LogP contribution in [0.1, 0.15) is 24.5 Å². The van der Waals surface area contributed by atoms with E-state index in [2.05, 4.69) is 4.98 Å². The number of hydrogen-bond acceptors (Lipinski definition) is 3. The maximum Gasteiger partial charge on any atom is 0.289 e. The summed E-state index contributed by atoms with van der Waals surface area (Å²) in [5, 5.41) is 9.26. The van der Waals surface area contributed by atoms with Gasteiger partial charge in [-0.05, 0) is 5.92 Å². The number of imidazole rings is 1. The van der Waals surface area contributed by atoms with Crippen molar-refractivity contribution in [3.63, 3.8) is 0 Å². The maximum atomic E-state index is 12.1. The van der Waals surface area contributed by atoms with Crippen molar-refractivity contribution in [2.45, 2.75) is 19.9 Å². The molecule has 0 saturated carbocycles. The Labute approximate surface area is 95.7 Å². The van der Waals surface area contributed by atoms with Crippen molar-refractivity contribution in [1.82, 2.24) is 14.5 Å². The minimum atomic E-state index is -0.177. The van der Waals surface area contributed by atoms with Gasteiger partial charge in [0.25, 0.3) is 5.91 Å². The lowest BCUT2D eigenvalue weighted by Crippen LogP contribution is -2.43. The summed E-state index contributed by atoms with van der Waals surface area (Å²) in [6.45, 7) is 3.91. The molecule has 0 aromatic carbocycles. The van der Waals surface area contributed by atoms with Gasteiger partial charge in [0, 0.05) is 26.5 Å². The number of aliphatic hydroxyl groups excluding tert-OH is 1. The van der Waals surface area contributed by atoms with Crippen molar-refractivity contribution in [2.75, 3.05) is 13.7 Å². The first-order chi connectivity index (χ1) is 7.49. The summed E-state index contributed by atoms with van der Waals surface area (Å²) in [5.74, 6) is 0.432. The van der Waals surface area contributed by atoms with Crippen molar-refractivity contribution in [1.29, 1.82) is 0 Å². The molecule has 0 saturated heterocycles. The molecule has 0 spiro atoms. The molecule has 1 heterocycles. The van der Waals surface area contributed by atoms with Gasteiger partial charge >= 0.3 is 0 Å². The van der Waals surface area contributed by atoms with Crippen molar-refractivity contribution in [2.24, 2.45) is 13.0 Å². The fourth-order valence-corrected chi connectivity index (χ4v) is 1.66. The van der Waals surface area contributed by atoms with Crippen molar-refractivity contribution in [3.05, 3.63) is 18.2 Å². The van der Waals surface area contributed by atoms with Crippen molar-refractivity contribution in [3.8, 4) is 0 Å². The zero-order chi connectivity index (χ0) is 12.3. The summed E-state index contributed by atoms with van der Waals surface area (Å²) in [7, 11) is 3.47. The van der Waals surface area contributed by atoms with Crippen LogP contribution in [0.15, 0.2) is 12.4 Å². The normalized spacial score (nSPS) is 12.9. The third-order valence-electron chi connectivity index (χ3n) is 2.79. The molecule has 1 amide bonds. The molecule has 1 aromatic heterocycles. The molecule has 16 heavy (non-hydrogen) atoms. The van der Waals surface area contributed by atoms with Crippen LogP contribution in [-0.2, 0) is 7.05 Å². The molecule has 0 aliphatic heterocycles. The van der Waals surface area contributed by atoms with Crippen LogP contribution in [0.3, 0.4) is 0 Å². The predicted octanol–water partition coefficient (Wildman–Crippen LogP) is 0.509. The van der Waals surface area contributed by atoms with Crippen LogP contribution in [0, 0.1) is 5.92 Å². The number of rotatable bonds is 4. The van der Waals surface area contributed by atoms with Gasteiger partial charge in [-0.25, -0.2) is 4.98 Å². The lowest BCUT2D eigenvalue weighted by Gasteiger charge is -2.29. The van der Waals surface area contributed by atoms with E-state index in [0.29, 0.717) is 5.82 Å². The number of amides is 1. The molecule has 1 rings (SSSR count). The smallest absolute Gasteiger partial charge is 0.289 e. The molecule has 5 nitrogen and oxygen atoms in total. The van der Waals surface area contributed by atoms with E-state index in [4.69, 9.17) is 0 Å². The molecular weight excluding hydrogens is 206 g/mol. The molecule has 0 fully saturated rings. The Morgan fingerprint density at radius 1 is 1.62 bits per heavy atom. The number of aromatic nitrogens is 2. The van der Waals surface area contributed by atoms with Gasteiger partial charge in [0.1, 0.15) is 0 Å². The zero-order valence-electron chi connectivity index (χ0n) is 10.2. The first-order valence-corrected chi connectivity index (χ1v) is 5.34. The van der Waals surface area contributed by atoms with Crippen LogP contribution in [-0.4, -0.2) is 45.2 Å². The zero-order valence-corrected chi connectivity index (χ0v) is 10.2. The second-order valence-corrected chi connectivity index (χ2v) is 4.27. The lowest BCUT2D eigenvalue weighted by molar-refractivity contribution is 0.0573. The van der Waals surface area contributed by atoms with Crippen LogP contribution in [0.2, 0.25) is 0 Å². The largest absolute Gasteiger partial charge is 0.394 e. The molecule has 1 atom stereocenters. The fraction of sp³-hybridized carbons (Fsp3) is 0.636. The Hall–Kier alpha value is -1.36. The number of carbonyl (C=O) groups is 1. The summed E-state index contributed by atoms with van der Waals surface area (Å²) >= 11 is 0. The SMILES string of the molecule is CC(C)[C@@H](CO)N(C)C(=O)c1nccn1C. The second-order valence-electron chi connectivity index (χ2n) is 4.27. The first-order valence-electron chi connectivity index (χ1n) is 5.34. The van der Waals surface area contributed by atoms with Gasteiger partial charge in [-0.2, -0.15) is 0 Å². The summed E-state index contributed by atoms with van der Waals surface area (Å²) in [6.07, 6.45) is 3.31. The Kier molecular flexibility index (Phi) is 4.06. The quantitative estimate of drug-likeness (QED) is 0.812. The molecule has 0 aliphatic carbocycles. The minimum Gasteiger partial charge on any atom is -0.394 e. The average molecular weight is 225 g/mol. The van der Waals surface area contributed by atoms with Crippen LogP contribution >= 0.6 is 0 Å². The van der Waals surface area contributed by atoms with Gasteiger partial charge in [-0.1, -0.05) is 13.8 Å². The molecule has 0 bridgehead atoms. The minimum absolute atomic E-state index is 0.0374. The lowest BCUT2D eigenvalue weighted by atomic mass is 10.0. The van der Waals surface area contributed by atoms with Crippen LogP contribution in [0.25, 0.3) is 0 Å². The molecule has 1 aromatic rings. The summed E-state index contributed by atoms with van der Waals surface area (Å²) in [5.41, 5.74) is 0. The summed E-state index contributed by atoms with van der Waals surface area (Å²) in [4.78, 5) is 17.6. The van der Waals surface area contributed by atoms with Crippen molar-refractivity contribution < 1.29 is 9.90 Å². The Morgan fingerprint density at radius 3 is 2.62 bits per heavy atom. The fourth-order valence-electron chi connectivity index (χ4n) is 1.66. The molecule has 90 valence electrons. The molecule has 0 unspecified atom stereocenters. The number of aliphatic hydroxyl groups is 1. The number of likely N-dealkylation sites (N-methyl/N-ethyl adjacent to an activating group) is 1. The van der Waals surface area contributed by atoms with Crippen LogP contribution < -0.4 is 0 Å². The van der Waals surface area contributed by atoms with Crippen molar-refractivity contribution >= 4 is 5.91 Å². The first kappa shape index (κ1) is 12.7. The average Bonchev–Trinajstić information content (AvgIpc) is 2.63. The van der Waals surface area contributed by atoms with Gasteiger partial charge in [0.15, 0.2) is 5.82 Å². The highest BCUT2D eigenvalue weighted by Gasteiger charge is 2.25. The molecule has 0 radical (unpaired) electrons. The van der Waals surface area contributed by atoms with E-state index in [-0.39, 0.29) is 24.5 Å². The van der Waals surface area contributed by atoms with Crippen LogP contribution in [0.4, 0.5) is 0 Å². The second kappa shape index (κ2) is 5.12. The summed E-state index contributed by atoms with van der Waals surface area (Å²) < 4.78 is 1.67. The predicted molar refractivity (Wildman–Crippen MR) is 61.0 cm³/mol. The Morgan fingerprint density at radius 2 is 2.25 bits per heavy atom. The topological polar surface area (TPSA) is 58.4 Å². The number of carbonyl (C=O) groups excluding carboxylic acids is 1. The van der Waals surface area contributed by atoms with Gasteiger partial charge < -0.3 is 14.6 Å². The van der Waals surface area contributed by atoms with Gasteiger partial charge in [0.05, 0.1) is 12.6 Å². The third kappa shape index (κ3) is 2.41. The van der Waals surface area contributed by atoms with E-state index in [9.17, 15) is 9.90 Å². The van der Waals surface area contributed by atoms with Gasteiger partial charge in [-0.3, -0.25) is 4.79 Å². The standard InChI is InChI=1S/C11H19N3O2/c1-8(2)9(7-15)14(4)11(16)10-12-5-6-13(10)3/h5-6,8-9,15H,7H2,1-4H3/t9-/m1/s1. The van der Waals surface area contributed by atoms with E-state index in [1.54, 1.807) is 36.0 Å². The van der Waals surface area contributed by atoms with E-state index >= 15 is 0 Å². The summed E-state index contributed by atoms with van der Waals surface area (Å²) in [6, 6.07) is -0.177. The Balaban J connectivity index is 2.85. The molecule has 1 N–H and O–H groups in total.